The van der Waals surface area contributed by atoms with Crippen LogP contribution in [-0.2, 0) is 11.2 Å². The van der Waals surface area contributed by atoms with E-state index in [1.54, 1.807) is 7.11 Å². The molecule has 5 nitrogen and oxygen atoms in total. The van der Waals surface area contributed by atoms with Gasteiger partial charge >= 0.3 is 0 Å². The maximum absolute atomic E-state index is 5.09. The van der Waals surface area contributed by atoms with Crippen LogP contribution in [0.3, 0.4) is 0 Å². The van der Waals surface area contributed by atoms with Gasteiger partial charge in [-0.15, -0.1) is 0 Å². The standard InChI is InChI=1S/C14H26N4O/c1-6-8-12-16-13(15-3)11(2)14(17-12)18(4)9-7-10-19-5/h6-10H2,1-5H3,(H,15,16,17). The Balaban J connectivity index is 2.93. The fourth-order valence-electron chi connectivity index (χ4n) is 2.05. The summed E-state index contributed by atoms with van der Waals surface area (Å²) < 4.78 is 5.09. The van der Waals surface area contributed by atoms with Crippen LogP contribution in [0.5, 0.6) is 0 Å². The number of anilines is 2. The van der Waals surface area contributed by atoms with Gasteiger partial charge in [0.15, 0.2) is 0 Å². The van der Waals surface area contributed by atoms with Crippen LogP contribution in [0.15, 0.2) is 0 Å². The molecule has 0 bridgehead atoms. The van der Waals surface area contributed by atoms with Crippen LogP contribution in [0, 0.1) is 6.92 Å². The molecule has 0 radical (unpaired) electrons. The normalized spacial score (nSPS) is 10.6. The van der Waals surface area contributed by atoms with E-state index in [0.717, 1.165) is 55.4 Å². The summed E-state index contributed by atoms with van der Waals surface area (Å²) in [5, 5.41) is 3.15. The lowest BCUT2D eigenvalue weighted by molar-refractivity contribution is 0.196. The fourth-order valence-corrected chi connectivity index (χ4v) is 2.05. The van der Waals surface area contributed by atoms with Crippen LogP contribution in [0.1, 0.15) is 31.2 Å². The lowest BCUT2D eigenvalue weighted by Crippen LogP contribution is -2.23. The van der Waals surface area contributed by atoms with Crippen molar-refractivity contribution in [3.63, 3.8) is 0 Å². The Bertz CT molecular complexity index is 395. The maximum atomic E-state index is 5.09. The van der Waals surface area contributed by atoms with Crippen molar-refractivity contribution in [1.82, 2.24) is 9.97 Å². The van der Waals surface area contributed by atoms with Gasteiger partial charge < -0.3 is 15.0 Å². The van der Waals surface area contributed by atoms with E-state index in [0.29, 0.717) is 0 Å². The van der Waals surface area contributed by atoms with Crippen molar-refractivity contribution >= 4 is 11.6 Å². The number of nitrogens with one attached hydrogen (secondary N) is 1. The average Bonchev–Trinajstić information content (AvgIpc) is 2.41. The van der Waals surface area contributed by atoms with Gasteiger partial charge in [0.05, 0.1) is 0 Å². The largest absolute Gasteiger partial charge is 0.385 e. The molecule has 0 spiro atoms. The first-order chi connectivity index (χ1) is 9.13. The Kier molecular flexibility index (Phi) is 6.56. The summed E-state index contributed by atoms with van der Waals surface area (Å²) in [6, 6.07) is 0. The van der Waals surface area contributed by atoms with Gasteiger partial charge in [-0.25, -0.2) is 9.97 Å². The molecule has 0 saturated heterocycles. The smallest absolute Gasteiger partial charge is 0.137 e. The van der Waals surface area contributed by atoms with Crippen molar-refractivity contribution in [2.45, 2.75) is 33.1 Å². The van der Waals surface area contributed by atoms with Gasteiger partial charge in [-0.2, -0.15) is 0 Å². The van der Waals surface area contributed by atoms with Crippen molar-refractivity contribution in [3.05, 3.63) is 11.4 Å². The molecule has 1 N–H and O–H groups in total. The topological polar surface area (TPSA) is 50.3 Å². The Morgan fingerprint density at radius 2 is 2.05 bits per heavy atom. The van der Waals surface area contributed by atoms with Gasteiger partial charge in [-0.3, -0.25) is 0 Å². The van der Waals surface area contributed by atoms with Gasteiger partial charge in [0, 0.05) is 46.3 Å². The zero-order valence-corrected chi connectivity index (χ0v) is 12.8. The number of aryl methyl sites for hydroxylation is 1. The zero-order valence-electron chi connectivity index (χ0n) is 12.8. The lowest BCUT2D eigenvalue weighted by atomic mass is 10.2. The summed E-state index contributed by atoms with van der Waals surface area (Å²) in [7, 11) is 5.70. The van der Waals surface area contributed by atoms with Crippen LogP contribution in [0.2, 0.25) is 0 Å². The van der Waals surface area contributed by atoms with E-state index in [2.05, 4.69) is 41.1 Å². The summed E-state index contributed by atoms with van der Waals surface area (Å²) in [6.07, 6.45) is 2.96. The molecule has 0 aliphatic heterocycles. The van der Waals surface area contributed by atoms with Crippen LogP contribution in [0.4, 0.5) is 11.6 Å². The first kappa shape index (κ1) is 15.7. The van der Waals surface area contributed by atoms with E-state index in [9.17, 15) is 0 Å². The molecule has 0 atom stereocenters. The van der Waals surface area contributed by atoms with Crippen LogP contribution < -0.4 is 10.2 Å². The number of rotatable bonds is 8. The predicted octanol–water partition coefficient (Wildman–Crippen LogP) is 2.25. The molecule has 0 unspecified atom stereocenters. The number of hydrogen-bond acceptors (Lipinski definition) is 5. The highest BCUT2D eigenvalue weighted by atomic mass is 16.5. The monoisotopic (exact) mass is 266 g/mol. The predicted molar refractivity (Wildman–Crippen MR) is 80.1 cm³/mol. The van der Waals surface area contributed by atoms with Gasteiger partial charge in [-0.05, 0) is 19.8 Å². The summed E-state index contributed by atoms with van der Waals surface area (Å²) in [5.41, 5.74) is 1.10. The Hall–Kier alpha value is -1.36. The second kappa shape index (κ2) is 7.94. The van der Waals surface area contributed by atoms with Crippen LogP contribution in [-0.4, -0.2) is 44.3 Å². The van der Waals surface area contributed by atoms with Crippen LogP contribution in [0.25, 0.3) is 0 Å². The molecule has 0 aromatic carbocycles. The van der Waals surface area contributed by atoms with Crippen molar-refractivity contribution in [1.29, 1.82) is 0 Å². The summed E-state index contributed by atoms with van der Waals surface area (Å²) >= 11 is 0. The van der Waals surface area contributed by atoms with E-state index in [1.807, 2.05) is 7.05 Å². The molecule has 1 heterocycles. The van der Waals surface area contributed by atoms with E-state index in [4.69, 9.17) is 4.74 Å². The molecule has 108 valence electrons. The molecule has 19 heavy (non-hydrogen) atoms. The van der Waals surface area contributed by atoms with Crippen molar-refractivity contribution in [3.8, 4) is 0 Å². The fraction of sp³-hybridized carbons (Fsp3) is 0.714. The third-order valence-corrected chi connectivity index (χ3v) is 3.08. The first-order valence-corrected chi connectivity index (χ1v) is 6.89. The molecule has 0 saturated carbocycles. The number of methoxy groups -OCH3 is 1. The third-order valence-electron chi connectivity index (χ3n) is 3.08. The van der Waals surface area contributed by atoms with Crippen molar-refractivity contribution in [2.24, 2.45) is 0 Å². The summed E-state index contributed by atoms with van der Waals surface area (Å²) in [4.78, 5) is 11.4. The minimum absolute atomic E-state index is 0.773. The third kappa shape index (κ3) is 4.35. The molecule has 5 heteroatoms. The molecule has 0 fully saturated rings. The molecule has 1 aromatic rings. The maximum Gasteiger partial charge on any atom is 0.137 e. The second-order valence-electron chi connectivity index (χ2n) is 4.70. The van der Waals surface area contributed by atoms with Gasteiger partial charge in [-0.1, -0.05) is 6.92 Å². The highest BCUT2D eigenvalue weighted by Gasteiger charge is 2.13. The quantitative estimate of drug-likeness (QED) is 0.731. The Morgan fingerprint density at radius 1 is 1.32 bits per heavy atom. The molecule has 0 amide bonds. The zero-order chi connectivity index (χ0) is 14.3. The van der Waals surface area contributed by atoms with Gasteiger partial charge in [0.2, 0.25) is 0 Å². The number of hydrogen-bond donors (Lipinski definition) is 1. The SMILES string of the molecule is CCCc1nc(NC)c(C)c(N(C)CCCOC)n1. The Morgan fingerprint density at radius 3 is 2.63 bits per heavy atom. The van der Waals surface area contributed by atoms with Gasteiger partial charge in [0.1, 0.15) is 17.5 Å². The summed E-state index contributed by atoms with van der Waals surface area (Å²) in [5.74, 6) is 2.84. The molecule has 1 rings (SSSR count). The van der Waals surface area contributed by atoms with Gasteiger partial charge in [0.25, 0.3) is 0 Å². The second-order valence-corrected chi connectivity index (χ2v) is 4.70. The minimum Gasteiger partial charge on any atom is -0.385 e. The molecule has 0 aliphatic carbocycles. The van der Waals surface area contributed by atoms with E-state index in [-0.39, 0.29) is 0 Å². The number of ether oxygens (including phenoxy) is 1. The van der Waals surface area contributed by atoms with Crippen molar-refractivity contribution in [2.75, 3.05) is 44.6 Å². The summed E-state index contributed by atoms with van der Waals surface area (Å²) in [6.45, 7) is 5.91. The highest BCUT2D eigenvalue weighted by molar-refractivity contribution is 5.58. The average molecular weight is 266 g/mol. The molecular weight excluding hydrogens is 240 g/mol. The highest BCUT2D eigenvalue weighted by Crippen LogP contribution is 2.23. The molecule has 1 aromatic heterocycles. The minimum atomic E-state index is 0.773. The lowest BCUT2D eigenvalue weighted by Gasteiger charge is -2.22. The van der Waals surface area contributed by atoms with E-state index < -0.39 is 0 Å². The molecular formula is C14H26N4O. The molecule has 0 aliphatic rings. The number of nitrogens with zero attached hydrogens (tertiary/aromatic N) is 3. The number of aromatic nitrogens is 2. The van der Waals surface area contributed by atoms with E-state index >= 15 is 0 Å². The first-order valence-electron chi connectivity index (χ1n) is 6.89. The van der Waals surface area contributed by atoms with E-state index in [1.165, 1.54) is 0 Å². The van der Waals surface area contributed by atoms with Crippen LogP contribution >= 0.6 is 0 Å². The Labute approximate surface area is 116 Å². The van der Waals surface area contributed by atoms with Crippen molar-refractivity contribution < 1.29 is 4.74 Å².